The van der Waals surface area contributed by atoms with Crippen LogP contribution in [0.4, 0.5) is 13.2 Å². The fourth-order valence-electron chi connectivity index (χ4n) is 1.99. The van der Waals surface area contributed by atoms with Gasteiger partial charge in [0.15, 0.2) is 17.5 Å². The van der Waals surface area contributed by atoms with E-state index in [-0.39, 0.29) is 18.0 Å². The minimum Gasteiger partial charge on any atom is -0.280 e. The maximum Gasteiger partial charge on any atom is 0.244 e. The van der Waals surface area contributed by atoms with Crippen LogP contribution in [0, 0.1) is 17.5 Å². The number of piperidine rings is 1. The molecule has 1 unspecified atom stereocenters. The molecule has 2 rings (SSSR count). The Labute approximate surface area is 108 Å². The number of hydrogen-bond acceptors (Lipinski definition) is 2. The zero-order chi connectivity index (χ0) is 12.6. The first-order chi connectivity index (χ1) is 8.00. The molecule has 1 atom stereocenters. The topological polar surface area (TPSA) is 46.3 Å². The quantitative estimate of drug-likeness (QED) is 0.486. The molecule has 0 aromatic heterocycles. The highest BCUT2D eigenvalue weighted by Gasteiger charge is 2.29. The van der Waals surface area contributed by atoms with E-state index in [1.807, 2.05) is 0 Å². The smallest absolute Gasteiger partial charge is 0.244 e. The molecule has 0 saturated carbocycles. The van der Waals surface area contributed by atoms with Gasteiger partial charge in [-0.05, 0) is 30.5 Å². The van der Waals surface area contributed by atoms with Crippen LogP contribution >= 0.6 is 12.4 Å². The first-order valence-corrected chi connectivity index (χ1v) is 5.21. The molecule has 100 valence electrons. The highest BCUT2D eigenvalue weighted by atomic mass is 35.5. The van der Waals surface area contributed by atoms with Gasteiger partial charge in [-0.3, -0.25) is 9.80 Å². The molecule has 1 aromatic rings. The van der Waals surface area contributed by atoms with E-state index < -0.39 is 29.3 Å². The minimum atomic E-state index is -1.53. The lowest BCUT2D eigenvalue weighted by Gasteiger charge is -2.28. The number of rotatable bonds is 1. The Morgan fingerprint density at radius 2 is 1.78 bits per heavy atom. The van der Waals surface area contributed by atoms with Gasteiger partial charge in [0.2, 0.25) is 5.91 Å². The number of hydrazine groups is 1. The molecule has 1 aliphatic rings. The molecule has 18 heavy (non-hydrogen) atoms. The van der Waals surface area contributed by atoms with Gasteiger partial charge in [0.1, 0.15) is 0 Å². The van der Waals surface area contributed by atoms with E-state index in [0.29, 0.717) is 19.4 Å². The van der Waals surface area contributed by atoms with Crippen LogP contribution in [-0.2, 0) is 4.79 Å². The van der Waals surface area contributed by atoms with E-state index in [9.17, 15) is 18.0 Å². The van der Waals surface area contributed by atoms with Gasteiger partial charge in [0.25, 0.3) is 0 Å². The molecular weight excluding hydrogens is 269 g/mol. The summed E-state index contributed by atoms with van der Waals surface area (Å²) < 4.78 is 38.9. The predicted molar refractivity (Wildman–Crippen MR) is 61.4 cm³/mol. The number of benzene rings is 1. The number of nitrogens with zero attached hydrogens (tertiary/aromatic N) is 1. The van der Waals surface area contributed by atoms with Crippen LogP contribution in [-0.4, -0.2) is 17.5 Å². The molecule has 1 saturated heterocycles. The minimum absolute atomic E-state index is 0. The maximum atomic E-state index is 13.0. The Morgan fingerprint density at radius 1 is 1.22 bits per heavy atom. The number of hydrogen-bond donors (Lipinski definition) is 1. The van der Waals surface area contributed by atoms with E-state index >= 15 is 0 Å². The molecule has 1 aromatic carbocycles. The lowest BCUT2D eigenvalue weighted by Crippen LogP contribution is -2.44. The molecule has 0 bridgehead atoms. The number of carbonyl (C=O) groups is 1. The summed E-state index contributed by atoms with van der Waals surface area (Å²) >= 11 is 0. The first-order valence-electron chi connectivity index (χ1n) is 5.21. The van der Waals surface area contributed by atoms with E-state index in [1.54, 1.807) is 0 Å². The SMILES string of the molecule is Cl.NN1CCCC(c2cc(F)c(F)c(F)c2)C1=O. The summed E-state index contributed by atoms with van der Waals surface area (Å²) in [5.74, 6) is 0.231. The van der Waals surface area contributed by atoms with Crippen molar-refractivity contribution in [2.75, 3.05) is 6.54 Å². The van der Waals surface area contributed by atoms with Crippen molar-refractivity contribution in [3.05, 3.63) is 35.1 Å². The fourth-order valence-corrected chi connectivity index (χ4v) is 1.99. The van der Waals surface area contributed by atoms with Crippen molar-refractivity contribution in [3.63, 3.8) is 0 Å². The summed E-state index contributed by atoms with van der Waals surface area (Å²) in [4.78, 5) is 11.7. The maximum absolute atomic E-state index is 13.0. The second kappa shape index (κ2) is 5.58. The standard InChI is InChI=1S/C11H11F3N2O.ClH/c12-8-4-6(5-9(13)10(8)14)7-2-1-3-16(15)11(7)17;/h4-5,7H,1-3,15H2;1H. The number of halogens is 4. The molecule has 1 heterocycles. The third kappa shape index (κ3) is 2.59. The van der Waals surface area contributed by atoms with E-state index in [1.165, 1.54) is 0 Å². The average Bonchev–Trinajstić information content (AvgIpc) is 2.29. The van der Waals surface area contributed by atoms with Crippen molar-refractivity contribution in [2.45, 2.75) is 18.8 Å². The van der Waals surface area contributed by atoms with Gasteiger partial charge >= 0.3 is 0 Å². The third-order valence-corrected chi connectivity index (χ3v) is 2.88. The molecule has 7 heteroatoms. The van der Waals surface area contributed by atoms with Crippen molar-refractivity contribution in [3.8, 4) is 0 Å². The highest BCUT2D eigenvalue weighted by Crippen LogP contribution is 2.28. The zero-order valence-corrected chi connectivity index (χ0v) is 10.1. The number of amides is 1. The van der Waals surface area contributed by atoms with Crippen LogP contribution in [0.2, 0.25) is 0 Å². The second-order valence-electron chi connectivity index (χ2n) is 4.02. The lowest BCUT2D eigenvalue weighted by molar-refractivity contribution is -0.135. The Bertz CT molecular complexity index is 447. The molecular formula is C11H12ClF3N2O. The molecule has 0 spiro atoms. The normalized spacial score (nSPS) is 19.7. The van der Waals surface area contributed by atoms with Crippen LogP contribution in [0.15, 0.2) is 12.1 Å². The number of carbonyl (C=O) groups excluding carboxylic acids is 1. The van der Waals surface area contributed by atoms with Crippen molar-refractivity contribution in [1.29, 1.82) is 0 Å². The van der Waals surface area contributed by atoms with Gasteiger partial charge in [-0.2, -0.15) is 0 Å². The van der Waals surface area contributed by atoms with Crippen LogP contribution < -0.4 is 5.84 Å². The summed E-state index contributed by atoms with van der Waals surface area (Å²) in [6, 6.07) is 1.69. The molecule has 1 fully saturated rings. The van der Waals surface area contributed by atoms with Crippen molar-refractivity contribution in [1.82, 2.24) is 5.01 Å². The zero-order valence-electron chi connectivity index (χ0n) is 9.33. The highest BCUT2D eigenvalue weighted by molar-refractivity contribution is 5.85. The summed E-state index contributed by atoms with van der Waals surface area (Å²) in [5.41, 5.74) is 0.126. The summed E-state index contributed by atoms with van der Waals surface area (Å²) in [5, 5.41) is 1.02. The van der Waals surface area contributed by atoms with Gasteiger partial charge in [0.05, 0.1) is 5.92 Å². The van der Waals surface area contributed by atoms with Gasteiger partial charge in [0, 0.05) is 6.54 Å². The number of nitrogens with two attached hydrogens (primary N) is 1. The van der Waals surface area contributed by atoms with Crippen molar-refractivity contribution >= 4 is 18.3 Å². The van der Waals surface area contributed by atoms with Crippen LogP contribution in [0.25, 0.3) is 0 Å². The summed E-state index contributed by atoms with van der Waals surface area (Å²) in [6.07, 6.45) is 1.10. The molecule has 1 amide bonds. The Kier molecular flexibility index (Phi) is 4.59. The molecule has 2 N–H and O–H groups in total. The second-order valence-corrected chi connectivity index (χ2v) is 4.02. The Balaban J connectivity index is 0.00000162. The van der Waals surface area contributed by atoms with Crippen LogP contribution in [0.5, 0.6) is 0 Å². The van der Waals surface area contributed by atoms with Gasteiger partial charge < -0.3 is 0 Å². The van der Waals surface area contributed by atoms with Gasteiger partial charge in [-0.25, -0.2) is 19.0 Å². The monoisotopic (exact) mass is 280 g/mol. The van der Waals surface area contributed by atoms with Gasteiger partial charge in [-0.1, -0.05) is 0 Å². The predicted octanol–water partition coefficient (Wildman–Crippen LogP) is 2.11. The third-order valence-electron chi connectivity index (χ3n) is 2.88. The van der Waals surface area contributed by atoms with Crippen LogP contribution in [0.3, 0.4) is 0 Å². The molecule has 1 aliphatic heterocycles. The largest absolute Gasteiger partial charge is 0.280 e. The molecule has 0 radical (unpaired) electrons. The Hall–Kier alpha value is -1.27. The van der Waals surface area contributed by atoms with Crippen molar-refractivity contribution in [2.24, 2.45) is 5.84 Å². The van der Waals surface area contributed by atoms with E-state index in [2.05, 4.69) is 0 Å². The Morgan fingerprint density at radius 3 is 2.33 bits per heavy atom. The lowest BCUT2D eigenvalue weighted by atomic mass is 9.90. The average molecular weight is 281 g/mol. The first kappa shape index (κ1) is 14.8. The fraction of sp³-hybridized carbons (Fsp3) is 0.364. The van der Waals surface area contributed by atoms with Crippen LogP contribution in [0.1, 0.15) is 24.3 Å². The molecule has 3 nitrogen and oxygen atoms in total. The van der Waals surface area contributed by atoms with Gasteiger partial charge in [-0.15, -0.1) is 12.4 Å². The summed E-state index contributed by atoms with van der Waals surface area (Å²) in [6.45, 7) is 0.418. The van der Waals surface area contributed by atoms with E-state index in [4.69, 9.17) is 5.84 Å². The van der Waals surface area contributed by atoms with Crippen molar-refractivity contribution < 1.29 is 18.0 Å². The summed E-state index contributed by atoms with van der Waals surface area (Å²) in [7, 11) is 0. The van der Waals surface area contributed by atoms with E-state index in [0.717, 1.165) is 17.1 Å². The molecule has 0 aliphatic carbocycles.